The van der Waals surface area contributed by atoms with Crippen LogP contribution in [0, 0.1) is 0 Å². The molecule has 1 aliphatic carbocycles. The number of amides is 1. The Kier molecular flexibility index (Phi) is 4.93. The van der Waals surface area contributed by atoms with E-state index in [-0.39, 0.29) is 0 Å². The van der Waals surface area contributed by atoms with Crippen molar-refractivity contribution in [2.24, 2.45) is 0 Å². The van der Waals surface area contributed by atoms with E-state index in [1.165, 1.54) is 19.3 Å². The second kappa shape index (κ2) is 5.74. The van der Waals surface area contributed by atoms with Crippen molar-refractivity contribution < 1.29 is 4.79 Å². The molecule has 0 heterocycles. The third kappa shape index (κ3) is 2.97. The molecule has 0 aromatic carbocycles. The molecule has 3 heteroatoms. The van der Waals surface area contributed by atoms with Gasteiger partial charge in [-0.1, -0.05) is 35.7 Å². The van der Waals surface area contributed by atoms with Crippen LogP contribution in [-0.4, -0.2) is 28.7 Å². The van der Waals surface area contributed by atoms with Gasteiger partial charge in [-0.05, 0) is 19.3 Å². The van der Waals surface area contributed by atoms with Crippen molar-refractivity contribution in [1.29, 1.82) is 0 Å². The summed E-state index contributed by atoms with van der Waals surface area (Å²) in [6, 6.07) is 0.419. The summed E-state index contributed by atoms with van der Waals surface area (Å²) in [5, 5.41) is 0. The molecule has 2 atom stereocenters. The van der Waals surface area contributed by atoms with E-state index in [0.29, 0.717) is 23.2 Å². The first-order valence-electron chi connectivity index (χ1n) is 5.56. The first-order chi connectivity index (χ1) is 6.66. The zero-order valence-corrected chi connectivity index (χ0v) is 10.7. The molecule has 0 aromatic heterocycles. The molecule has 1 rings (SSSR count). The summed E-state index contributed by atoms with van der Waals surface area (Å²) in [7, 11) is 1.95. The van der Waals surface area contributed by atoms with E-state index in [9.17, 15) is 4.79 Å². The van der Waals surface area contributed by atoms with E-state index >= 15 is 0 Å². The highest BCUT2D eigenvalue weighted by Crippen LogP contribution is 2.28. The van der Waals surface area contributed by atoms with Gasteiger partial charge >= 0.3 is 0 Å². The molecule has 0 radical (unpaired) electrons. The monoisotopic (exact) mass is 261 g/mol. The maximum absolute atomic E-state index is 11.7. The minimum atomic E-state index is 0.295. The Morgan fingerprint density at radius 3 is 2.64 bits per heavy atom. The summed E-state index contributed by atoms with van der Waals surface area (Å²) in [4.78, 5) is 14.1. The van der Waals surface area contributed by atoms with Crippen LogP contribution in [0.2, 0.25) is 0 Å². The first-order valence-corrected chi connectivity index (χ1v) is 6.48. The molecule has 1 aliphatic rings. The van der Waals surface area contributed by atoms with E-state index in [4.69, 9.17) is 0 Å². The number of hydrogen-bond acceptors (Lipinski definition) is 1. The van der Waals surface area contributed by atoms with Crippen LogP contribution in [0.25, 0.3) is 0 Å². The summed E-state index contributed by atoms with van der Waals surface area (Å²) in [6.07, 6.45) is 6.55. The van der Waals surface area contributed by atoms with E-state index < -0.39 is 0 Å². The van der Waals surface area contributed by atoms with Crippen molar-refractivity contribution in [3.05, 3.63) is 0 Å². The smallest absolute Gasteiger partial charge is 0.222 e. The quantitative estimate of drug-likeness (QED) is 0.716. The lowest BCUT2D eigenvalue weighted by Gasteiger charge is -2.35. The van der Waals surface area contributed by atoms with Gasteiger partial charge in [0, 0.05) is 24.3 Å². The number of halogens is 1. The fourth-order valence-corrected chi connectivity index (χ4v) is 3.02. The van der Waals surface area contributed by atoms with Crippen molar-refractivity contribution in [3.63, 3.8) is 0 Å². The Bertz CT molecular complexity index is 196. The van der Waals surface area contributed by atoms with Gasteiger partial charge in [0.1, 0.15) is 0 Å². The Hall–Kier alpha value is -0.0500. The molecule has 1 fully saturated rings. The molecule has 82 valence electrons. The number of alkyl halides is 1. The third-order valence-corrected chi connectivity index (χ3v) is 4.07. The molecular weight excluding hydrogens is 242 g/mol. The average molecular weight is 262 g/mol. The van der Waals surface area contributed by atoms with Gasteiger partial charge < -0.3 is 4.90 Å². The number of nitrogens with zero attached hydrogens (tertiary/aromatic N) is 1. The van der Waals surface area contributed by atoms with Gasteiger partial charge in [-0.25, -0.2) is 0 Å². The maximum atomic E-state index is 11.7. The van der Waals surface area contributed by atoms with Crippen LogP contribution in [0.3, 0.4) is 0 Å². The summed E-state index contributed by atoms with van der Waals surface area (Å²) in [5.74, 6) is 0.295. The second-order valence-corrected chi connectivity index (χ2v) is 5.30. The topological polar surface area (TPSA) is 20.3 Å². The lowest BCUT2D eigenvalue weighted by atomic mass is 9.94. The predicted molar refractivity (Wildman–Crippen MR) is 62.6 cm³/mol. The van der Waals surface area contributed by atoms with Crippen LogP contribution in [0.15, 0.2) is 0 Å². The normalized spacial score (nSPS) is 27.4. The fraction of sp³-hybridized carbons (Fsp3) is 0.909. The van der Waals surface area contributed by atoms with Crippen LogP contribution < -0.4 is 0 Å². The molecule has 0 bridgehead atoms. The van der Waals surface area contributed by atoms with Crippen LogP contribution in [0.4, 0.5) is 0 Å². The van der Waals surface area contributed by atoms with Crippen LogP contribution in [-0.2, 0) is 4.79 Å². The molecular formula is C11H20BrNO. The largest absolute Gasteiger partial charge is 0.342 e. The Morgan fingerprint density at radius 1 is 1.43 bits per heavy atom. The summed E-state index contributed by atoms with van der Waals surface area (Å²) < 4.78 is 0. The Morgan fingerprint density at radius 2 is 2.07 bits per heavy atom. The predicted octanol–water partition coefficient (Wildman–Crippen LogP) is 2.95. The second-order valence-electron chi connectivity index (χ2n) is 4.12. The van der Waals surface area contributed by atoms with Gasteiger partial charge in [-0.15, -0.1) is 0 Å². The van der Waals surface area contributed by atoms with Crippen molar-refractivity contribution in [2.45, 2.75) is 56.3 Å². The van der Waals surface area contributed by atoms with Crippen LogP contribution in [0.5, 0.6) is 0 Å². The number of carbonyl (C=O) groups is 1. The van der Waals surface area contributed by atoms with Crippen LogP contribution >= 0.6 is 15.9 Å². The van der Waals surface area contributed by atoms with E-state index in [0.717, 1.165) is 12.8 Å². The summed E-state index contributed by atoms with van der Waals surface area (Å²) >= 11 is 3.68. The zero-order valence-electron chi connectivity index (χ0n) is 9.13. The van der Waals surface area contributed by atoms with Crippen molar-refractivity contribution in [3.8, 4) is 0 Å². The van der Waals surface area contributed by atoms with Crippen molar-refractivity contribution in [2.75, 3.05) is 7.05 Å². The molecule has 0 aliphatic heterocycles. The Balaban J connectivity index is 2.48. The van der Waals surface area contributed by atoms with Gasteiger partial charge in [0.15, 0.2) is 0 Å². The summed E-state index contributed by atoms with van der Waals surface area (Å²) in [6.45, 7) is 2.05. The van der Waals surface area contributed by atoms with Gasteiger partial charge in [0.2, 0.25) is 5.91 Å². The lowest BCUT2D eigenvalue weighted by Crippen LogP contribution is -2.43. The van der Waals surface area contributed by atoms with Gasteiger partial charge in [-0.3, -0.25) is 4.79 Å². The molecule has 0 spiro atoms. The molecule has 1 amide bonds. The van der Waals surface area contributed by atoms with Crippen molar-refractivity contribution >= 4 is 21.8 Å². The fourth-order valence-electron chi connectivity index (χ4n) is 2.08. The summed E-state index contributed by atoms with van der Waals surface area (Å²) in [5.41, 5.74) is 0. The molecule has 14 heavy (non-hydrogen) atoms. The van der Waals surface area contributed by atoms with Gasteiger partial charge in [0.05, 0.1) is 0 Å². The molecule has 2 unspecified atom stereocenters. The molecule has 0 saturated heterocycles. The number of rotatable bonds is 3. The first kappa shape index (κ1) is 12.0. The van der Waals surface area contributed by atoms with Crippen molar-refractivity contribution in [1.82, 2.24) is 4.90 Å². The molecule has 0 N–H and O–H groups in total. The van der Waals surface area contributed by atoms with Crippen LogP contribution in [0.1, 0.15) is 45.4 Å². The molecule has 0 aromatic rings. The minimum absolute atomic E-state index is 0.295. The zero-order chi connectivity index (χ0) is 10.6. The van der Waals surface area contributed by atoms with E-state index in [1.807, 2.05) is 11.9 Å². The number of carbonyl (C=O) groups excluding carboxylic acids is 1. The highest BCUT2D eigenvalue weighted by molar-refractivity contribution is 9.09. The third-order valence-electron chi connectivity index (χ3n) is 3.00. The van der Waals surface area contributed by atoms with Gasteiger partial charge in [-0.2, -0.15) is 0 Å². The molecule has 2 nitrogen and oxygen atoms in total. The number of hydrogen-bond donors (Lipinski definition) is 0. The van der Waals surface area contributed by atoms with E-state index in [2.05, 4.69) is 22.9 Å². The standard InChI is InChI=1S/C11H20BrNO/c1-3-6-11(14)13(2)10-8-5-4-7-9(10)12/h9-10H,3-8H2,1-2H3. The average Bonchev–Trinajstić information content (AvgIpc) is 2.18. The Labute approximate surface area is 95.2 Å². The van der Waals surface area contributed by atoms with E-state index in [1.54, 1.807) is 0 Å². The highest BCUT2D eigenvalue weighted by Gasteiger charge is 2.28. The highest BCUT2D eigenvalue weighted by atomic mass is 79.9. The lowest BCUT2D eigenvalue weighted by molar-refractivity contribution is -0.132. The minimum Gasteiger partial charge on any atom is -0.342 e. The maximum Gasteiger partial charge on any atom is 0.222 e. The SMILES string of the molecule is CCCC(=O)N(C)C1CCCCC1Br. The van der Waals surface area contributed by atoms with Gasteiger partial charge in [0.25, 0.3) is 0 Å². The molecule has 1 saturated carbocycles.